The van der Waals surface area contributed by atoms with Crippen LogP contribution < -0.4 is 5.32 Å². The van der Waals surface area contributed by atoms with E-state index >= 15 is 0 Å². The molecule has 3 rings (SSSR count). The van der Waals surface area contributed by atoms with Crippen LogP contribution in [0.3, 0.4) is 0 Å². The molecule has 0 saturated heterocycles. The number of nitrogens with zero attached hydrogens (tertiary/aromatic N) is 4. The van der Waals surface area contributed by atoms with E-state index in [4.69, 9.17) is 11.6 Å². The van der Waals surface area contributed by atoms with Crippen molar-refractivity contribution in [3.63, 3.8) is 0 Å². The third kappa shape index (κ3) is 3.94. The molecule has 0 radical (unpaired) electrons. The number of rotatable bonds is 5. The number of carbonyl (C=O) groups is 1. The van der Waals surface area contributed by atoms with Crippen molar-refractivity contribution in [3.8, 4) is 0 Å². The van der Waals surface area contributed by atoms with Gasteiger partial charge in [-0.3, -0.25) is 14.8 Å². The molecule has 0 aliphatic heterocycles. The van der Waals surface area contributed by atoms with Gasteiger partial charge in [-0.25, -0.2) is 0 Å². The minimum Gasteiger partial charge on any atom is -0.296 e. The number of benzene rings is 1. The Morgan fingerprint density at radius 3 is 3.00 bits per heavy atom. The predicted molar refractivity (Wildman–Crippen MR) is 90.0 cm³/mol. The highest BCUT2D eigenvalue weighted by molar-refractivity contribution is 7.15. The van der Waals surface area contributed by atoms with E-state index in [2.05, 4.69) is 20.6 Å². The fourth-order valence-corrected chi connectivity index (χ4v) is 3.00. The number of carbonyl (C=O) groups excluding carboxylic acids is 1. The van der Waals surface area contributed by atoms with Gasteiger partial charge in [0.05, 0.1) is 11.8 Å². The molecule has 118 valence electrons. The number of halogens is 1. The number of hydrogen-bond acceptors (Lipinski definition) is 5. The normalized spacial score (nSPS) is 10.7. The summed E-state index contributed by atoms with van der Waals surface area (Å²) in [6.45, 7) is 2.68. The molecule has 0 atom stereocenters. The summed E-state index contributed by atoms with van der Waals surface area (Å²) in [5.41, 5.74) is 1.55. The van der Waals surface area contributed by atoms with E-state index in [0.717, 1.165) is 17.1 Å². The third-order valence-corrected chi connectivity index (χ3v) is 4.22. The first-order valence-electron chi connectivity index (χ1n) is 7.04. The number of anilines is 1. The van der Waals surface area contributed by atoms with Crippen molar-refractivity contribution in [1.82, 2.24) is 20.0 Å². The van der Waals surface area contributed by atoms with Crippen LogP contribution in [0.15, 0.2) is 36.7 Å². The van der Waals surface area contributed by atoms with E-state index in [0.29, 0.717) is 22.1 Å². The minimum absolute atomic E-state index is 0.241. The monoisotopic (exact) mass is 347 g/mol. The van der Waals surface area contributed by atoms with Crippen molar-refractivity contribution in [2.75, 3.05) is 5.32 Å². The fraction of sp³-hybridized carbons (Fsp3) is 0.200. The van der Waals surface area contributed by atoms with Gasteiger partial charge in [-0.2, -0.15) is 5.10 Å². The maximum atomic E-state index is 12.1. The molecule has 8 heteroatoms. The summed E-state index contributed by atoms with van der Waals surface area (Å²) in [5.74, 6) is -0.241. The molecule has 0 aliphatic carbocycles. The lowest BCUT2D eigenvalue weighted by molar-refractivity contribution is 0.102. The van der Waals surface area contributed by atoms with Gasteiger partial charge in [0.25, 0.3) is 5.91 Å². The molecule has 0 bridgehead atoms. The second kappa shape index (κ2) is 6.89. The largest absolute Gasteiger partial charge is 0.296 e. The van der Waals surface area contributed by atoms with Crippen molar-refractivity contribution < 1.29 is 4.79 Å². The Morgan fingerprint density at radius 2 is 2.26 bits per heavy atom. The second-order valence-corrected chi connectivity index (χ2v) is 6.34. The van der Waals surface area contributed by atoms with E-state index in [1.165, 1.54) is 17.5 Å². The summed E-state index contributed by atoms with van der Waals surface area (Å²) in [6.07, 6.45) is 3.86. The minimum atomic E-state index is -0.241. The Balaban J connectivity index is 1.66. The predicted octanol–water partition coefficient (Wildman–Crippen LogP) is 3.25. The van der Waals surface area contributed by atoms with Crippen LogP contribution in [0, 0.1) is 0 Å². The molecular weight excluding hydrogens is 334 g/mol. The van der Waals surface area contributed by atoms with E-state index in [1.807, 2.05) is 31.2 Å². The summed E-state index contributed by atoms with van der Waals surface area (Å²) in [4.78, 5) is 12.1. The van der Waals surface area contributed by atoms with Crippen molar-refractivity contribution in [3.05, 3.63) is 57.8 Å². The Labute approximate surface area is 142 Å². The molecule has 0 fully saturated rings. The van der Waals surface area contributed by atoms with Crippen LogP contribution in [0.1, 0.15) is 27.9 Å². The van der Waals surface area contributed by atoms with Gasteiger partial charge in [-0.05, 0) is 24.6 Å². The van der Waals surface area contributed by atoms with Crippen LogP contribution in [0.2, 0.25) is 5.02 Å². The standard InChI is InChI=1S/C15H14ClN5OS/c1-2-21-9-11(8-17-21)14(22)18-15-20-19-13(23-15)7-10-4-3-5-12(16)6-10/h3-6,8-9H,2,7H2,1H3,(H,18,20,22). The maximum Gasteiger partial charge on any atom is 0.260 e. The molecule has 0 unspecified atom stereocenters. The quantitative estimate of drug-likeness (QED) is 0.769. The van der Waals surface area contributed by atoms with E-state index in [9.17, 15) is 4.79 Å². The summed E-state index contributed by atoms with van der Waals surface area (Å²) in [5, 5.41) is 16.9. The highest BCUT2D eigenvalue weighted by Crippen LogP contribution is 2.20. The zero-order chi connectivity index (χ0) is 16.2. The van der Waals surface area contributed by atoms with Crippen LogP contribution >= 0.6 is 22.9 Å². The third-order valence-electron chi connectivity index (χ3n) is 3.15. The second-order valence-electron chi connectivity index (χ2n) is 4.85. The lowest BCUT2D eigenvalue weighted by Gasteiger charge is -1.98. The Hall–Kier alpha value is -2.25. The first-order valence-corrected chi connectivity index (χ1v) is 8.24. The fourth-order valence-electron chi connectivity index (χ4n) is 2.02. The van der Waals surface area contributed by atoms with Crippen molar-refractivity contribution in [2.45, 2.75) is 19.9 Å². The summed E-state index contributed by atoms with van der Waals surface area (Å²) in [7, 11) is 0. The van der Waals surface area contributed by atoms with E-state index in [1.54, 1.807) is 10.9 Å². The smallest absolute Gasteiger partial charge is 0.260 e. The van der Waals surface area contributed by atoms with Gasteiger partial charge in [-0.15, -0.1) is 10.2 Å². The first kappa shape index (κ1) is 15.6. The molecule has 1 N–H and O–H groups in total. The molecule has 23 heavy (non-hydrogen) atoms. The van der Waals surface area contributed by atoms with Gasteiger partial charge in [0, 0.05) is 24.2 Å². The van der Waals surface area contributed by atoms with Gasteiger partial charge in [0.1, 0.15) is 5.01 Å². The lowest BCUT2D eigenvalue weighted by atomic mass is 10.2. The first-order chi connectivity index (χ1) is 11.1. The van der Waals surface area contributed by atoms with Crippen molar-refractivity contribution in [1.29, 1.82) is 0 Å². The number of amides is 1. The molecular formula is C15H14ClN5OS. The summed E-state index contributed by atoms with van der Waals surface area (Å²) < 4.78 is 1.69. The molecule has 0 spiro atoms. The van der Waals surface area contributed by atoms with E-state index in [-0.39, 0.29) is 5.91 Å². The number of aromatic nitrogens is 4. The SMILES string of the molecule is CCn1cc(C(=O)Nc2nnc(Cc3cccc(Cl)c3)s2)cn1. The van der Waals surface area contributed by atoms with Gasteiger partial charge in [0.2, 0.25) is 5.13 Å². The van der Waals surface area contributed by atoms with Crippen molar-refractivity contribution >= 4 is 34.0 Å². The number of aryl methyl sites for hydroxylation is 1. The molecule has 1 aromatic carbocycles. The van der Waals surface area contributed by atoms with Gasteiger partial charge >= 0.3 is 0 Å². The van der Waals surface area contributed by atoms with Crippen LogP contribution in [0.4, 0.5) is 5.13 Å². The molecule has 1 amide bonds. The zero-order valence-electron chi connectivity index (χ0n) is 12.4. The summed E-state index contributed by atoms with van der Waals surface area (Å²) in [6, 6.07) is 7.59. The topological polar surface area (TPSA) is 72.7 Å². The van der Waals surface area contributed by atoms with Gasteiger partial charge in [0.15, 0.2) is 0 Å². The van der Waals surface area contributed by atoms with E-state index < -0.39 is 0 Å². The Kier molecular flexibility index (Phi) is 4.68. The van der Waals surface area contributed by atoms with Gasteiger partial charge < -0.3 is 0 Å². The molecule has 6 nitrogen and oxygen atoms in total. The molecule has 0 saturated carbocycles. The number of nitrogens with one attached hydrogen (secondary N) is 1. The molecule has 3 aromatic rings. The highest BCUT2D eigenvalue weighted by atomic mass is 35.5. The van der Waals surface area contributed by atoms with Crippen molar-refractivity contribution in [2.24, 2.45) is 0 Å². The summed E-state index contributed by atoms with van der Waals surface area (Å²) >= 11 is 7.31. The van der Waals surface area contributed by atoms with Crippen LogP contribution in [0.5, 0.6) is 0 Å². The average Bonchev–Trinajstić information content (AvgIpc) is 3.16. The molecule has 2 aromatic heterocycles. The zero-order valence-corrected chi connectivity index (χ0v) is 13.9. The molecule has 2 heterocycles. The average molecular weight is 348 g/mol. The lowest BCUT2D eigenvalue weighted by Crippen LogP contribution is -2.10. The molecule has 0 aliphatic rings. The van der Waals surface area contributed by atoms with Gasteiger partial charge in [-0.1, -0.05) is 35.1 Å². The van der Waals surface area contributed by atoms with Crippen LogP contribution in [-0.2, 0) is 13.0 Å². The van der Waals surface area contributed by atoms with Crippen LogP contribution in [-0.4, -0.2) is 25.9 Å². The number of hydrogen-bond donors (Lipinski definition) is 1. The maximum absolute atomic E-state index is 12.1. The highest BCUT2D eigenvalue weighted by Gasteiger charge is 2.12. The Morgan fingerprint density at radius 1 is 1.39 bits per heavy atom. The Bertz CT molecular complexity index is 829. The van der Waals surface area contributed by atoms with Crippen LogP contribution in [0.25, 0.3) is 0 Å².